The molecule has 5 nitrogen and oxygen atoms in total. The van der Waals surface area contributed by atoms with Crippen LogP contribution in [-0.2, 0) is 5.41 Å². The molecule has 7 heteroatoms. The molecule has 0 N–H and O–H groups in total. The fourth-order valence-electron chi connectivity index (χ4n) is 6.51. The molecule has 1 aliphatic carbocycles. The van der Waals surface area contributed by atoms with E-state index < -0.39 is 11.6 Å². The lowest BCUT2D eigenvalue weighted by atomic mass is 9.76. The van der Waals surface area contributed by atoms with Crippen molar-refractivity contribution in [3.63, 3.8) is 0 Å². The van der Waals surface area contributed by atoms with Crippen molar-refractivity contribution in [2.75, 3.05) is 31.2 Å². The van der Waals surface area contributed by atoms with Crippen molar-refractivity contribution in [1.82, 2.24) is 9.88 Å². The van der Waals surface area contributed by atoms with Gasteiger partial charge in [0.15, 0.2) is 5.83 Å². The highest BCUT2D eigenvalue weighted by Gasteiger charge is 2.44. The lowest BCUT2D eigenvalue weighted by molar-refractivity contribution is 0.222. The molecule has 3 aliphatic heterocycles. The van der Waals surface area contributed by atoms with Gasteiger partial charge >= 0.3 is 0 Å². The molecule has 1 saturated heterocycles. The van der Waals surface area contributed by atoms with E-state index in [2.05, 4.69) is 32.9 Å². The predicted octanol–water partition coefficient (Wildman–Crippen LogP) is 6.42. The number of aromatic nitrogens is 1. The molecule has 0 radical (unpaired) electrons. The number of rotatable bonds is 4. The molecule has 1 aromatic carbocycles. The molecule has 4 heterocycles. The Morgan fingerprint density at radius 2 is 1.86 bits per heavy atom. The SMILES string of the molecule is CCN1CCC(c2ccc(N3C=C(F)C(c4cc(F)c5c(c4)C4(CCCC4)C(C)=N5)=NC3)nc2)CC1. The van der Waals surface area contributed by atoms with Gasteiger partial charge in [-0.1, -0.05) is 25.8 Å². The van der Waals surface area contributed by atoms with Gasteiger partial charge in [-0.3, -0.25) is 9.98 Å². The molecule has 1 saturated carbocycles. The van der Waals surface area contributed by atoms with E-state index in [0.29, 0.717) is 23.0 Å². The maximum atomic E-state index is 15.3. The summed E-state index contributed by atoms with van der Waals surface area (Å²) in [6, 6.07) is 7.36. The number of likely N-dealkylation sites (tertiary alicyclic amines) is 1. The number of hydrogen-bond donors (Lipinski definition) is 0. The summed E-state index contributed by atoms with van der Waals surface area (Å²) >= 11 is 0. The zero-order chi connectivity index (χ0) is 24.9. The predicted molar refractivity (Wildman–Crippen MR) is 141 cm³/mol. The van der Waals surface area contributed by atoms with Crippen molar-refractivity contribution in [1.29, 1.82) is 0 Å². The van der Waals surface area contributed by atoms with Crippen LogP contribution in [0, 0.1) is 5.82 Å². The Bertz CT molecular complexity index is 1250. The van der Waals surface area contributed by atoms with Gasteiger partial charge in [0.2, 0.25) is 0 Å². The van der Waals surface area contributed by atoms with Crippen molar-refractivity contribution in [2.24, 2.45) is 9.98 Å². The van der Waals surface area contributed by atoms with Gasteiger partial charge in [0.25, 0.3) is 0 Å². The van der Waals surface area contributed by atoms with Gasteiger partial charge in [-0.25, -0.2) is 13.8 Å². The number of aliphatic imine (C=N–C) groups is 2. The lowest BCUT2D eigenvalue weighted by Crippen LogP contribution is -2.32. The maximum Gasteiger partial charge on any atom is 0.165 e. The molecule has 0 amide bonds. The van der Waals surface area contributed by atoms with Crippen molar-refractivity contribution in [3.05, 3.63) is 65.0 Å². The van der Waals surface area contributed by atoms with Crippen LogP contribution in [0.25, 0.3) is 0 Å². The third-order valence-electron chi connectivity index (χ3n) is 8.73. The van der Waals surface area contributed by atoms with Gasteiger partial charge in [0.05, 0.1) is 0 Å². The molecule has 1 aromatic heterocycles. The third kappa shape index (κ3) is 3.88. The molecule has 1 spiro atoms. The average Bonchev–Trinajstić information content (AvgIpc) is 3.51. The number of allylic oxidation sites excluding steroid dienone is 1. The number of fused-ring (bicyclic) bond motifs is 2. The van der Waals surface area contributed by atoms with Crippen LogP contribution >= 0.6 is 0 Å². The zero-order valence-electron chi connectivity index (χ0n) is 21.1. The van der Waals surface area contributed by atoms with Gasteiger partial charge in [-0.05, 0) is 87.5 Å². The highest BCUT2D eigenvalue weighted by atomic mass is 19.1. The van der Waals surface area contributed by atoms with Crippen LogP contribution in [0.3, 0.4) is 0 Å². The van der Waals surface area contributed by atoms with E-state index >= 15 is 8.78 Å². The summed E-state index contributed by atoms with van der Waals surface area (Å²) in [5.74, 6) is 0.315. The van der Waals surface area contributed by atoms with Gasteiger partial charge in [-0.2, -0.15) is 0 Å². The summed E-state index contributed by atoms with van der Waals surface area (Å²) < 4.78 is 30.4. The molecule has 188 valence electrons. The van der Waals surface area contributed by atoms with Crippen LogP contribution in [0.15, 0.2) is 52.5 Å². The van der Waals surface area contributed by atoms with Crippen LogP contribution < -0.4 is 4.90 Å². The van der Waals surface area contributed by atoms with E-state index in [0.717, 1.165) is 69.4 Å². The first-order chi connectivity index (χ1) is 17.5. The molecule has 0 unspecified atom stereocenters. The molecule has 6 rings (SSSR count). The molecule has 0 atom stereocenters. The molecule has 36 heavy (non-hydrogen) atoms. The number of halogens is 2. The molecule has 0 bridgehead atoms. The lowest BCUT2D eigenvalue weighted by Gasteiger charge is -2.31. The summed E-state index contributed by atoms with van der Waals surface area (Å²) in [7, 11) is 0. The highest BCUT2D eigenvalue weighted by molar-refractivity contribution is 6.13. The Labute approximate surface area is 211 Å². The number of piperidine rings is 1. The number of nitrogens with zero attached hydrogens (tertiary/aromatic N) is 5. The van der Waals surface area contributed by atoms with E-state index in [1.165, 1.54) is 17.8 Å². The second kappa shape index (κ2) is 9.18. The minimum absolute atomic E-state index is 0.199. The van der Waals surface area contributed by atoms with Gasteiger partial charge in [0.1, 0.15) is 29.7 Å². The topological polar surface area (TPSA) is 44.1 Å². The minimum atomic E-state index is -0.477. The summed E-state index contributed by atoms with van der Waals surface area (Å²) in [6.45, 7) is 7.79. The normalized spacial score (nSPS) is 22.0. The molecular weight excluding hydrogens is 456 g/mol. The quantitative estimate of drug-likeness (QED) is 0.498. The average molecular weight is 490 g/mol. The Balaban J connectivity index is 1.20. The van der Waals surface area contributed by atoms with Crippen LogP contribution in [-0.4, -0.2) is 47.6 Å². The van der Waals surface area contributed by atoms with E-state index in [9.17, 15) is 0 Å². The van der Waals surface area contributed by atoms with E-state index in [1.807, 2.05) is 25.3 Å². The monoisotopic (exact) mass is 489 g/mol. The van der Waals surface area contributed by atoms with Crippen LogP contribution in [0.1, 0.15) is 75.0 Å². The van der Waals surface area contributed by atoms with Crippen LogP contribution in [0.2, 0.25) is 0 Å². The Hall–Kier alpha value is -2.93. The van der Waals surface area contributed by atoms with Crippen molar-refractivity contribution < 1.29 is 8.78 Å². The fraction of sp³-hybridized carbons (Fsp3) is 0.483. The second-order valence-electron chi connectivity index (χ2n) is 10.6. The first-order valence-corrected chi connectivity index (χ1v) is 13.3. The number of anilines is 1. The summed E-state index contributed by atoms with van der Waals surface area (Å²) in [5.41, 5.74) is 4.02. The van der Waals surface area contributed by atoms with Crippen LogP contribution in [0.5, 0.6) is 0 Å². The standard InChI is InChI=1S/C29H33F2N5/c1-3-35-12-8-20(9-13-35)21-6-7-26(32-16-21)36-17-25(31)27(33-18-36)22-14-23-28(24(30)15-22)34-19(2)29(23)10-4-5-11-29/h6-7,14-17,20H,3-5,8-13,18H2,1-2H3. The first kappa shape index (κ1) is 23.5. The largest absolute Gasteiger partial charge is 0.310 e. The fourth-order valence-corrected chi connectivity index (χ4v) is 6.51. The van der Waals surface area contributed by atoms with Crippen molar-refractivity contribution in [3.8, 4) is 0 Å². The van der Waals surface area contributed by atoms with Gasteiger partial charge in [-0.15, -0.1) is 0 Å². The number of pyridine rings is 1. The van der Waals surface area contributed by atoms with Crippen molar-refractivity contribution >= 4 is 22.9 Å². The van der Waals surface area contributed by atoms with Gasteiger partial charge in [0, 0.05) is 29.1 Å². The van der Waals surface area contributed by atoms with Gasteiger partial charge < -0.3 is 9.80 Å². The molecule has 4 aliphatic rings. The number of hydrogen-bond acceptors (Lipinski definition) is 5. The minimum Gasteiger partial charge on any atom is -0.310 e. The molecular formula is C29H33F2N5. The van der Waals surface area contributed by atoms with E-state index in [4.69, 9.17) is 0 Å². The first-order valence-electron chi connectivity index (χ1n) is 13.3. The summed E-state index contributed by atoms with van der Waals surface area (Å²) in [6.07, 6.45) is 9.78. The summed E-state index contributed by atoms with van der Waals surface area (Å²) in [4.78, 5) is 17.9. The number of benzene rings is 1. The third-order valence-corrected chi connectivity index (χ3v) is 8.73. The Morgan fingerprint density at radius 3 is 2.53 bits per heavy atom. The molecule has 2 aromatic rings. The molecule has 2 fully saturated rings. The van der Waals surface area contributed by atoms with Crippen molar-refractivity contribution in [2.45, 2.75) is 63.7 Å². The van der Waals surface area contributed by atoms with E-state index in [1.54, 1.807) is 4.90 Å². The second-order valence-corrected chi connectivity index (χ2v) is 10.6. The summed E-state index contributed by atoms with van der Waals surface area (Å²) in [5, 5.41) is 0. The Morgan fingerprint density at radius 1 is 1.08 bits per heavy atom. The zero-order valence-corrected chi connectivity index (χ0v) is 21.1. The maximum absolute atomic E-state index is 15.3. The smallest absolute Gasteiger partial charge is 0.165 e. The Kier molecular flexibility index (Phi) is 5.98. The van der Waals surface area contributed by atoms with Crippen LogP contribution in [0.4, 0.5) is 20.3 Å². The van der Waals surface area contributed by atoms with E-state index in [-0.39, 0.29) is 17.8 Å². The highest BCUT2D eigenvalue weighted by Crippen LogP contribution is 2.51.